The van der Waals surface area contributed by atoms with Gasteiger partial charge >= 0.3 is 22.6 Å². The van der Waals surface area contributed by atoms with Gasteiger partial charge in [0.25, 0.3) is 0 Å². The summed E-state index contributed by atoms with van der Waals surface area (Å²) in [7, 11) is 0. The van der Waals surface area contributed by atoms with Crippen molar-refractivity contribution in [1.29, 1.82) is 0 Å². The molecular formula is C10H6FeO4S-6. The van der Waals surface area contributed by atoms with Crippen LogP contribution in [0.25, 0.3) is 0 Å². The summed E-state index contributed by atoms with van der Waals surface area (Å²) in [6.07, 6.45) is 1.34. The van der Waals surface area contributed by atoms with Gasteiger partial charge in [-0.2, -0.15) is 0 Å². The molecule has 0 N–H and O–H groups in total. The summed E-state index contributed by atoms with van der Waals surface area (Å²) in [5.74, 6) is 0.0556. The first kappa shape index (κ1) is 24.4. The Morgan fingerprint density at radius 2 is 1.69 bits per heavy atom. The van der Waals surface area contributed by atoms with E-state index >= 15 is 0 Å². The maximum atomic E-state index is 9.53. The molecule has 0 bridgehead atoms. The fourth-order valence-corrected chi connectivity index (χ4v) is 0.469. The Kier molecular flexibility index (Phi) is 44.6. The maximum Gasteiger partial charge on any atom is 0 e. The van der Waals surface area contributed by atoms with Crippen LogP contribution in [-0.4, -0.2) is 14.5 Å². The van der Waals surface area contributed by atoms with E-state index in [1.807, 2.05) is 0 Å². The maximum absolute atomic E-state index is 9.53. The molecule has 0 radical (unpaired) electrons. The van der Waals surface area contributed by atoms with E-state index in [1.165, 1.54) is 6.08 Å². The molecule has 4 nitrogen and oxygen atoms in total. The van der Waals surface area contributed by atoms with Crippen molar-refractivity contribution >= 4 is 11.1 Å². The van der Waals surface area contributed by atoms with E-state index in [-0.39, 0.29) is 22.8 Å². The number of rotatable bonds is 2. The molecule has 0 saturated carbocycles. The fourth-order valence-electron chi connectivity index (χ4n) is 0.277. The predicted octanol–water partition coefficient (Wildman–Crippen LogP) is 0.580. The molecule has 0 aromatic heterocycles. The van der Waals surface area contributed by atoms with E-state index in [0.717, 1.165) is 0 Å². The third-order valence-electron chi connectivity index (χ3n) is 0.605. The quantitative estimate of drug-likeness (QED) is 0.261. The second-order valence-corrected chi connectivity index (χ2v) is 2.38. The third-order valence-corrected chi connectivity index (χ3v) is 1.11. The van der Waals surface area contributed by atoms with E-state index < -0.39 is 11.1 Å². The zero-order chi connectivity index (χ0) is 12.5. The first-order valence-corrected chi connectivity index (χ1v) is 4.42. The summed E-state index contributed by atoms with van der Waals surface area (Å²) in [6, 6.07) is 12.0. The zero-order valence-corrected chi connectivity index (χ0v) is 9.88. The fraction of sp³-hybridized carbons (Fsp3) is 0.100. The van der Waals surface area contributed by atoms with Crippen molar-refractivity contribution in [2.75, 3.05) is 5.75 Å². The molecule has 0 fully saturated rings. The molecule has 0 spiro atoms. The Hall–Kier alpha value is -0.801. The second-order valence-electron chi connectivity index (χ2n) is 1.44. The first-order valence-electron chi connectivity index (χ1n) is 3.17. The van der Waals surface area contributed by atoms with Crippen LogP contribution in [-0.2, 0) is 37.5 Å². The molecule has 0 aliphatic rings. The van der Waals surface area contributed by atoms with Gasteiger partial charge in [-0.1, -0.05) is 17.2 Å². The van der Waals surface area contributed by atoms with Gasteiger partial charge in [0.15, 0.2) is 0 Å². The van der Waals surface area contributed by atoms with Crippen LogP contribution in [0.5, 0.6) is 0 Å². The topological polar surface area (TPSA) is 79.9 Å². The smallest absolute Gasteiger partial charge is 0 e. The molecule has 0 amide bonds. The Bertz CT molecular complexity index is 244. The van der Waals surface area contributed by atoms with Crippen LogP contribution in [0.2, 0.25) is 0 Å². The van der Waals surface area contributed by atoms with Crippen molar-refractivity contribution < 1.29 is 35.1 Å². The minimum atomic E-state index is -1.93. The largest absolute Gasteiger partial charge is 0.999 e. The molecule has 1 rings (SSSR count). The molecule has 1 unspecified atom stereocenters. The molecule has 1 atom stereocenters. The Balaban J connectivity index is -0.0000000658. The van der Waals surface area contributed by atoms with Crippen molar-refractivity contribution in [3.8, 4) is 0 Å². The second kappa shape index (κ2) is 29.2. The molecule has 1 aromatic carbocycles. The summed E-state index contributed by atoms with van der Waals surface area (Å²) >= 11 is -1.93. The predicted molar refractivity (Wildman–Crippen MR) is 49.2 cm³/mol. The zero-order valence-electron chi connectivity index (χ0n) is 7.96. The van der Waals surface area contributed by atoms with E-state index in [9.17, 15) is 8.76 Å². The number of hydrogen-bond acceptors (Lipinski definition) is 2. The van der Waals surface area contributed by atoms with Gasteiger partial charge in [0.05, 0.1) is 0 Å². The van der Waals surface area contributed by atoms with Gasteiger partial charge in [0, 0.05) is 22.8 Å². The van der Waals surface area contributed by atoms with E-state index in [1.54, 1.807) is 6.07 Å². The summed E-state index contributed by atoms with van der Waals surface area (Å²) < 4.78 is 34.1. The molecule has 0 saturated heterocycles. The minimum absolute atomic E-state index is 0. The van der Waals surface area contributed by atoms with Crippen LogP contribution < -0.4 is 0 Å². The molecule has 90 valence electrons. The van der Waals surface area contributed by atoms with Gasteiger partial charge < -0.3 is 34.9 Å². The van der Waals surface area contributed by atoms with Gasteiger partial charge in [-0.05, 0) is 0 Å². The van der Waals surface area contributed by atoms with Crippen molar-refractivity contribution in [2.24, 2.45) is 0 Å². The van der Waals surface area contributed by atoms with Crippen LogP contribution in [0.3, 0.4) is 0 Å². The first-order chi connectivity index (χ1) is 7.27. The van der Waals surface area contributed by atoms with Crippen molar-refractivity contribution in [1.82, 2.24) is 0 Å². The van der Waals surface area contributed by atoms with Gasteiger partial charge in [-0.3, -0.25) is 4.21 Å². The van der Waals surface area contributed by atoms with E-state index in [4.69, 9.17) is 9.30 Å². The molecular weight excluding hydrogens is 272 g/mol. The minimum Gasteiger partial charge on any atom is -0.999 e. The summed E-state index contributed by atoms with van der Waals surface area (Å²) in [5.41, 5.74) is 0. The molecule has 0 aliphatic carbocycles. The van der Waals surface area contributed by atoms with Gasteiger partial charge in [0.2, 0.25) is 0 Å². The third kappa shape index (κ3) is 37.9. The normalized spacial score (nSPS) is 7.81. The Morgan fingerprint density at radius 1 is 1.31 bits per heavy atom. The van der Waals surface area contributed by atoms with Crippen LogP contribution >= 0.6 is 0 Å². The molecule has 1 aromatic rings. The van der Waals surface area contributed by atoms with Crippen molar-refractivity contribution in [3.63, 3.8) is 0 Å². The standard InChI is InChI=1S/C5H.C3H6O2S.2CO.Fe/c1-2-4-5-3-1;1-2-3-6(4)5;2*1-2;/h1H;2H,1,3H2,(H,4,5);;;/q-5;;;;/p-1. The molecule has 16 heavy (non-hydrogen) atoms. The summed E-state index contributed by atoms with van der Waals surface area (Å²) in [4.78, 5) is 0. The van der Waals surface area contributed by atoms with Crippen LogP contribution in [0.1, 0.15) is 0 Å². The molecule has 0 heterocycles. The summed E-state index contributed by atoms with van der Waals surface area (Å²) in [5, 5.41) is 0. The Labute approximate surface area is 108 Å². The molecule has 0 aliphatic heterocycles. The number of hydrogen-bond donors (Lipinski definition) is 0. The monoisotopic (exact) mass is 278 g/mol. The van der Waals surface area contributed by atoms with Gasteiger partial charge in [-0.15, -0.1) is 6.58 Å². The van der Waals surface area contributed by atoms with Crippen molar-refractivity contribution in [2.45, 2.75) is 0 Å². The van der Waals surface area contributed by atoms with E-state index in [2.05, 4.69) is 44.1 Å². The van der Waals surface area contributed by atoms with Crippen LogP contribution in [0.15, 0.2) is 18.7 Å². The van der Waals surface area contributed by atoms with Gasteiger partial charge in [-0.25, -0.2) is 0 Å². The average Bonchev–Trinajstić information content (AvgIpc) is 2.82. The Morgan fingerprint density at radius 3 is 1.75 bits per heavy atom. The van der Waals surface area contributed by atoms with Crippen LogP contribution in [0.4, 0.5) is 0 Å². The average molecular weight is 278 g/mol. The van der Waals surface area contributed by atoms with E-state index in [0.29, 0.717) is 0 Å². The van der Waals surface area contributed by atoms with Crippen LogP contribution in [0, 0.1) is 37.6 Å². The van der Waals surface area contributed by atoms with Crippen molar-refractivity contribution in [3.05, 3.63) is 56.3 Å². The summed E-state index contributed by atoms with van der Waals surface area (Å²) in [6.45, 7) is 12.2. The molecule has 6 heteroatoms. The SMILES string of the molecule is C=CCS(=O)[O-].[C-]#[O+].[C-]#[O+].[Fe].[c-]1[c-][c-][cH-][c-]1. The van der Waals surface area contributed by atoms with Gasteiger partial charge in [0.1, 0.15) is 0 Å².